The molecule has 128 valence electrons. The highest BCUT2D eigenvalue weighted by Crippen LogP contribution is 2.36. The molecule has 3 aromatic rings. The SMILES string of the molecule is CCn1cc(N2C(=O)N(c3cn(C)nc3C)Cc3cnccc32)cn1. The van der Waals surface area contributed by atoms with Crippen LogP contribution in [0, 0.1) is 6.92 Å². The van der Waals surface area contributed by atoms with E-state index in [1.54, 1.807) is 37.8 Å². The molecule has 0 saturated heterocycles. The number of carbonyl (C=O) groups is 1. The Labute approximate surface area is 145 Å². The highest BCUT2D eigenvalue weighted by molar-refractivity contribution is 6.10. The number of anilines is 3. The van der Waals surface area contributed by atoms with Crippen LogP contribution in [0.15, 0.2) is 37.1 Å². The summed E-state index contributed by atoms with van der Waals surface area (Å²) in [7, 11) is 1.85. The highest BCUT2D eigenvalue weighted by Gasteiger charge is 2.34. The number of rotatable bonds is 3. The molecule has 0 unspecified atom stereocenters. The molecule has 8 heteroatoms. The van der Waals surface area contributed by atoms with Crippen molar-refractivity contribution in [3.05, 3.63) is 48.3 Å². The molecule has 0 atom stereocenters. The van der Waals surface area contributed by atoms with Crippen molar-refractivity contribution in [2.24, 2.45) is 7.05 Å². The van der Waals surface area contributed by atoms with Crippen molar-refractivity contribution in [2.75, 3.05) is 9.80 Å². The van der Waals surface area contributed by atoms with E-state index in [2.05, 4.69) is 15.2 Å². The summed E-state index contributed by atoms with van der Waals surface area (Å²) in [6.07, 6.45) is 8.96. The molecule has 0 aliphatic carbocycles. The summed E-state index contributed by atoms with van der Waals surface area (Å²) in [5, 5.41) is 8.67. The Morgan fingerprint density at radius 3 is 2.72 bits per heavy atom. The largest absolute Gasteiger partial charge is 0.334 e. The fourth-order valence-corrected chi connectivity index (χ4v) is 3.15. The Kier molecular flexibility index (Phi) is 3.52. The lowest BCUT2D eigenvalue weighted by Gasteiger charge is -2.35. The third-order valence-corrected chi connectivity index (χ3v) is 4.35. The smallest absolute Gasteiger partial charge is 0.286 e. The molecule has 4 heterocycles. The van der Waals surface area contributed by atoms with E-state index < -0.39 is 0 Å². The van der Waals surface area contributed by atoms with Crippen LogP contribution in [0.1, 0.15) is 18.2 Å². The highest BCUT2D eigenvalue weighted by atomic mass is 16.2. The maximum Gasteiger partial charge on any atom is 0.334 e. The van der Waals surface area contributed by atoms with Crippen LogP contribution >= 0.6 is 0 Å². The van der Waals surface area contributed by atoms with Crippen molar-refractivity contribution in [2.45, 2.75) is 26.9 Å². The Morgan fingerprint density at radius 1 is 1.20 bits per heavy atom. The van der Waals surface area contributed by atoms with E-state index in [9.17, 15) is 4.79 Å². The van der Waals surface area contributed by atoms with Crippen LogP contribution in [0.2, 0.25) is 0 Å². The topological polar surface area (TPSA) is 72.1 Å². The van der Waals surface area contributed by atoms with E-state index >= 15 is 0 Å². The van der Waals surface area contributed by atoms with E-state index in [4.69, 9.17) is 0 Å². The molecule has 0 aromatic carbocycles. The van der Waals surface area contributed by atoms with Gasteiger partial charge in [0.25, 0.3) is 0 Å². The quantitative estimate of drug-likeness (QED) is 0.736. The number of nitrogens with zero attached hydrogens (tertiary/aromatic N) is 7. The van der Waals surface area contributed by atoms with Gasteiger partial charge in [0, 0.05) is 43.9 Å². The normalized spacial score (nSPS) is 14.1. The van der Waals surface area contributed by atoms with Crippen LogP contribution in [0.5, 0.6) is 0 Å². The Hall–Kier alpha value is -3.16. The number of amides is 2. The van der Waals surface area contributed by atoms with Gasteiger partial charge in [0.1, 0.15) is 0 Å². The van der Waals surface area contributed by atoms with Gasteiger partial charge in [0.05, 0.1) is 35.5 Å². The summed E-state index contributed by atoms with van der Waals surface area (Å²) in [5.74, 6) is 0. The van der Waals surface area contributed by atoms with E-state index in [1.807, 2.05) is 39.4 Å². The number of fused-ring (bicyclic) bond motifs is 1. The molecule has 1 aliphatic rings. The van der Waals surface area contributed by atoms with Gasteiger partial charge in [-0.05, 0) is 19.9 Å². The van der Waals surface area contributed by atoms with Crippen molar-refractivity contribution >= 4 is 23.1 Å². The van der Waals surface area contributed by atoms with E-state index in [1.165, 1.54) is 0 Å². The number of hydrogen-bond acceptors (Lipinski definition) is 4. The molecular formula is C17H19N7O. The van der Waals surface area contributed by atoms with Gasteiger partial charge >= 0.3 is 6.03 Å². The minimum atomic E-state index is -0.120. The predicted octanol–water partition coefficient (Wildman–Crippen LogP) is 2.62. The van der Waals surface area contributed by atoms with Gasteiger partial charge < -0.3 is 0 Å². The molecule has 0 fully saturated rings. The first-order chi connectivity index (χ1) is 12.1. The molecule has 2 amide bonds. The summed E-state index contributed by atoms with van der Waals surface area (Å²) in [4.78, 5) is 20.9. The maximum atomic E-state index is 13.3. The van der Waals surface area contributed by atoms with Gasteiger partial charge in [-0.3, -0.25) is 24.1 Å². The minimum absolute atomic E-state index is 0.120. The molecule has 8 nitrogen and oxygen atoms in total. The zero-order chi connectivity index (χ0) is 17.6. The standard InChI is InChI=1S/C17H19N7O/c1-4-22-10-14(8-19-22)24-15-5-6-18-7-13(15)9-23(17(24)25)16-11-21(3)20-12(16)2/h5-8,10-11H,4,9H2,1-3H3. The van der Waals surface area contributed by atoms with Gasteiger partial charge in [-0.1, -0.05) is 0 Å². The van der Waals surface area contributed by atoms with Crippen molar-refractivity contribution in [1.82, 2.24) is 24.5 Å². The van der Waals surface area contributed by atoms with Crippen LogP contribution in [0.3, 0.4) is 0 Å². The summed E-state index contributed by atoms with van der Waals surface area (Å²) >= 11 is 0. The van der Waals surface area contributed by atoms with Crippen LogP contribution in [0.4, 0.5) is 21.9 Å². The van der Waals surface area contributed by atoms with Crippen LogP contribution in [-0.2, 0) is 20.1 Å². The lowest BCUT2D eigenvalue weighted by molar-refractivity contribution is 0.252. The van der Waals surface area contributed by atoms with Gasteiger partial charge in [-0.25, -0.2) is 4.79 Å². The maximum absolute atomic E-state index is 13.3. The first kappa shape index (κ1) is 15.4. The molecule has 0 radical (unpaired) electrons. The number of aryl methyl sites for hydroxylation is 3. The van der Waals surface area contributed by atoms with E-state index in [-0.39, 0.29) is 6.03 Å². The molecule has 0 N–H and O–H groups in total. The molecule has 0 saturated carbocycles. The Balaban J connectivity index is 1.84. The number of aromatic nitrogens is 5. The van der Waals surface area contributed by atoms with Crippen molar-refractivity contribution < 1.29 is 4.79 Å². The molecule has 25 heavy (non-hydrogen) atoms. The van der Waals surface area contributed by atoms with Crippen molar-refractivity contribution in [1.29, 1.82) is 0 Å². The summed E-state index contributed by atoms with van der Waals surface area (Å²) in [6, 6.07) is 1.75. The number of carbonyl (C=O) groups excluding carboxylic acids is 1. The molecule has 3 aromatic heterocycles. The van der Waals surface area contributed by atoms with Gasteiger partial charge in [0.15, 0.2) is 0 Å². The Bertz CT molecular complexity index is 942. The fraction of sp³-hybridized carbons (Fsp3) is 0.294. The number of pyridine rings is 1. The summed E-state index contributed by atoms with van der Waals surface area (Å²) in [6.45, 7) is 5.13. The lowest BCUT2D eigenvalue weighted by Crippen LogP contribution is -2.45. The first-order valence-electron chi connectivity index (χ1n) is 8.15. The lowest BCUT2D eigenvalue weighted by atomic mass is 10.1. The van der Waals surface area contributed by atoms with Gasteiger partial charge in [0.2, 0.25) is 0 Å². The van der Waals surface area contributed by atoms with Crippen LogP contribution < -0.4 is 9.80 Å². The second-order valence-corrected chi connectivity index (χ2v) is 6.04. The average Bonchev–Trinajstić information content (AvgIpc) is 3.20. The molecule has 4 rings (SSSR count). The van der Waals surface area contributed by atoms with Crippen LogP contribution in [-0.4, -0.2) is 30.6 Å². The zero-order valence-corrected chi connectivity index (χ0v) is 14.4. The fourth-order valence-electron chi connectivity index (χ4n) is 3.15. The predicted molar refractivity (Wildman–Crippen MR) is 93.8 cm³/mol. The van der Waals surface area contributed by atoms with Gasteiger partial charge in [-0.2, -0.15) is 10.2 Å². The second-order valence-electron chi connectivity index (χ2n) is 6.04. The van der Waals surface area contributed by atoms with E-state index in [0.717, 1.165) is 34.9 Å². The van der Waals surface area contributed by atoms with Crippen LogP contribution in [0.25, 0.3) is 0 Å². The first-order valence-corrected chi connectivity index (χ1v) is 8.15. The molecular weight excluding hydrogens is 318 g/mol. The third-order valence-electron chi connectivity index (χ3n) is 4.35. The number of hydrogen-bond donors (Lipinski definition) is 0. The minimum Gasteiger partial charge on any atom is -0.286 e. The summed E-state index contributed by atoms with van der Waals surface area (Å²) < 4.78 is 3.52. The molecule has 1 aliphatic heterocycles. The average molecular weight is 337 g/mol. The zero-order valence-electron chi connectivity index (χ0n) is 14.4. The Morgan fingerprint density at radius 2 is 2.04 bits per heavy atom. The number of urea groups is 1. The van der Waals surface area contributed by atoms with Gasteiger partial charge in [-0.15, -0.1) is 0 Å². The summed E-state index contributed by atoms with van der Waals surface area (Å²) in [5.41, 5.74) is 4.18. The van der Waals surface area contributed by atoms with Crippen molar-refractivity contribution in [3.8, 4) is 0 Å². The van der Waals surface area contributed by atoms with E-state index in [0.29, 0.717) is 6.54 Å². The second kappa shape index (κ2) is 5.73. The van der Waals surface area contributed by atoms with Crippen molar-refractivity contribution in [3.63, 3.8) is 0 Å². The monoisotopic (exact) mass is 337 g/mol. The molecule has 0 spiro atoms. The third kappa shape index (κ3) is 2.46. The molecule has 0 bridgehead atoms.